The fourth-order valence-electron chi connectivity index (χ4n) is 0.234. The van der Waals surface area contributed by atoms with E-state index in [0.717, 1.165) is 0 Å². The Morgan fingerprint density at radius 3 is 2.30 bits per heavy atom. The molecule has 0 aromatic carbocycles. The van der Waals surface area contributed by atoms with Gasteiger partial charge < -0.3 is 10.5 Å². The van der Waals surface area contributed by atoms with Crippen LogP contribution in [-0.4, -0.2) is 25.3 Å². The highest BCUT2D eigenvalue weighted by atomic mass is 19.3. The minimum absolute atomic E-state index is 0.993. The van der Waals surface area contributed by atoms with Crippen molar-refractivity contribution in [1.29, 1.82) is 0 Å². The van der Waals surface area contributed by atoms with Crippen molar-refractivity contribution in [1.82, 2.24) is 0 Å². The van der Waals surface area contributed by atoms with Crippen molar-refractivity contribution in [3.63, 3.8) is 0 Å². The molecular formula is C4H6F3NO2. The van der Waals surface area contributed by atoms with Gasteiger partial charge in [-0.25, -0.2) is 18.0 Å². The van der Waals surface area contributed by atoms with E-state index in [1.807, 2.05) is 0 Å². The van der Waals surface area contributed by atoms with Gasteiger partial charge in [0.2, 0.25) is 0 Å². The second-order valence-electron chi connectivity index (χ2n) is 1.48. The Hall–Kier alpha value is -0.940. The van der Waals surface area contributed by atoms with E-state index in [1.54, 1.807) is 0 Å². The van der Waals surface area contributed by atoms with E-state index in [1.165, 1.54) is 0 Å². The molecule has 0 rings (SSSR count). The standard InChI is InChI=1S/C4H6F3NO2/c5-2(3(6)7)1-10-4(8)9/h2-3H,1H2,(H2,8,9). The summed E-state index contributed by atoms with van der Waals surface area (Å²) >= 11 is 0. The fraction of sp³-hybridized carbons (Fsp3) is 0.750. The molecule has 60 valence electrons. The summed E-state index contributed by atoms with van der Waals surface area (Å²) in [6, 6.07) is 0. The SMILES string of the molecule is NC(=O)OCC(F)C(F)F. The first kappa shape index (κ1) is 9.06. The smallest absolute Gasteiger partial charge is 0.404 e. The van der Waals surface area contributed by atoms with Crippen molar-refractivity contribution in [2.45, 2.75) is 12.6 Å². The van der Waals surface area contributed by atoms with Gasteiger partial charge in [-0.15, -0.1) is 0 Å². The van der Waals surface area contributed by atoms with Gasteiger partial charge in [-0.1, -0.05) is 0 Å². The quantitative estimate of drug-likeness (QED) is 0.655. The number of hydrogen-bond donors (Lipinski definition) is 1. The number of ether oxygens (including phenoxy) is 1. The Balaban J connectivity index is 3.39. The van der Waals surface area contributed by atoms with Crippen molar-refractivity contribution in [3.05, 3.63) is 0 Å². The lowest BCUT2D eigenvalue weighted by Crippen LogP contribution is -2.24. The number of carbonyl (C=O) groups is 1. The van der Waals surface area contributed by atoms with Gasteiger partial charge in [0, 0.05) is 0 Å². The van der Waals surface area contributed by atoms with E-state index in [4.69, 9.17) is 0 Å². The van der Waals surface area contributed by atoms with E-state index in [2.05, 4.69) is 10.5 Å². The summed E-state index contributed by atoms with van der Waals surface area (Å²) in [6.45, 7) is -0.993. The number of rotatable bonds is 3. The predicted molar refractivity (Wildman–Crippen MR) is 26.4 cm³/mol. The van der Waals surface area contributed by atoms with Crippen LogP contribution in [0, 0.1) is 0 Å². The van der Waals surface area contributed by atoms with Crippen LogP contribution < -0.4 is 5.73 Å². The molecule has 1 atom stereocenters. The topological polar surface area (TPSA) is 52.3 Å². The molecule has 6 heteroatoms. The van der Waals surface area contributed by atoms with Gasteiger partial charge in [-0.05, 0) is 0 Å². The van der Waals surface area contributed by atoms with Crippen LogP contribution in [0.4, 0.5) is 18.0 Å². The van der Waals surface area contributed by atoms with E-state index in [0.29, 0.717) is 0 Å². The Morgan fingerprint density at radius 1 is 1.50 bits per heavy atom. The summed E-state index contributed by atoms with van der Waals surface area (Å²) in [6.07, 6.45) is -6.85. The van der Waals surface area contributed by atoms with Crippen LogP contribution in [-0.2, 0) is 4.74 Å². The van der Waals surface area contributed by atoms with Crippen LogP contribution in [0.2, 0.25) is 0 Å². The Bertz CT molecular complexity index is 119. The molecular weight excluding hydrogens is 151 g/mol. The number of hydrogen-bond acceptors (Lipinski definition) is 2. The second-order valence-corrected chi connectivity index (χ2v) is 1.48. The molecule has 0 saturated heterocycles. The molecule has 0 aliphatic carbocycles. The highest BCUT2D eigenvalue weighted by Gasteiger charge is 2.20. The number of alkyl halides is 3. The minimum atomic E-state index is -3.14. The van der Waals surface area contributed by atoms with E-state index in [-0.39, 0.29) is 0 Å². The largest absolute Gasteiger partial charge is 0.446 e. The number of amides is 1. The summed E-state index contributed by atoms with van der Waals surface area (Å²) < 4.78 is 38.1. The van der Waals surface area contributed by atoms with Crippen LogP contribution in [0.25, 0.3) is 0 Å². The van der Waals surface area contributed by atoms with Crippen LogP contribution in [0.15, 0.2) is 0 Å². The Morgan fingerprint density at radius 2 is 2.00 bits per heavy atom. The first-order valence-corrected chi connectivity index (χ1v) is 2.38. The second kappa shape index (κ2) is 3.97. The number of halogens is 3. The molecule has 0 bridgehead atoms. The zero-order valence-corrected chi connectivity index (χ0v) is 4.89. The molecule has 0 aromatic rings. The number of carbonyl (C=O) groups excluding carboxylic acids is 1. The fourth-order valence-corrected chi connectivity index (χ4v) is 0.234. The molecule has 1 unspecified atom stereocenters. The van der Waals surface area contributed by atoms with Gasteiger partial charge >= 0.3 is 6.09 Å². The summed E-state index contributed by atoms with van der Waals surface area (Å²) in [5.74, 6) is 0. The lowest BCUT2D eigenvalue weighted by Gasteiger charge is -2.04. The third-order valence-electron chi connectivity index (χ3n) is 0.658. The molecule has 0 saturated carbocycles. The number of nitrogens with two attached hydrogens (primary N) is 1. The van der Waals surface area contributed by atoms with E-state index >= 15 is 0 Å². The molecule has 0 heterocycles. The molecule has 0 aliphatic heterocycles. The first-order chi connectivity index (χ1) is 4.54. The minimum Gasteiger partial charge on any atom is -0.446 e. The van der Waals surface area contributed by atoms with Crippen LogP contribution in [0.3, 0.4) is 0 Å². The summed E-state index contributed by atoms with van der Waals surface area (Å²) in [5, 5.41) is 0. The third kappa shape index (κ3) is 3.99. The van der Waals surface area contributed by atoms with E-state index in [9.17, 15) is 18.0 Å². The van der Waals surface area contributed by atoms with Gasteiger partial charge in [0.25, 0.3) is 6.43 Å². The molecule has 0 spiro atoms. The van der Waals surface area contributed by atoms with Gasteiger partial charge in [-0.3, -0.25) is 0 Å². The van der Waals surface area contributed by atoms with Crippen LogP contribution in [0.5, 0.6) is 0 Å². The third-order valence-corrected chi connectivity index (χ3v) is 0.658. The van der Waals surface area contributed by atoms with Crippen molar-refractivity contribution < 1.29 is 22.7 Å². The molecule has 1 amide bonds. The average Bonchev–Trinajstić information content (AvgIpc) is 1.82. The Labute approximate surface area is 54.9 Å². The van der Waals surface area contributed by atoms with Crippen molar-refractivity contribution in [3.8, 4) is 0 Å². The highest BCUT2D eigenvalue weighted by molar-refractivity contribution is 5.64. The monoisotopic (exact) mass is 157 g/mol. The predicted octanol–water partition coefficient (Wildman–Crippen LogP) is 0.685. The van der Waals surface area contributed by atoms with Gasteiger partial charge in [0.05, 0.1) is 0 Å². The van der Waals surface area contributed by atoms with Gasteiger partial charge in [0.1, 0.15) is 6.61 Å². The zero-order chi connectivity index (χ0) is 8.15. The highest BCUT2D eigenvalue weighted by Crippen LogP contribution is 2.04. The lowest BCUT2D eigenvalue weighted by atomic mass is 10.4. The first-order valence-electron chi connectivity index (χ1n) is 2.38. The van der Waals surface area contributed by atoms with Gasteiger partial charge in [-0.2, -0.15) is 0 Å². The molecule has 0 radical (unpaired) electrons. The molecule has 10 heavy (non-hydrogen) atoms. The van der Waals surface area contributed by atoms with Crippen LogP contribution in [0.1, 0.15) is 0 Å². The van der Waals surface area contributed by atoms with Crippen molar-refractivity contribution in [2.75, 3.05) is 6.61 Å². The average molecular weight is 157 g/mol. The molecule has 2 N–H and O–H groups in total. The lowest BCUT2D eigenvalue weighted by molar-refractivity contribution is 0.0115. The molecule has 3 nitrogen and oxygen atoms in total. The van der Waals surface area contributed by atoms with Crippen molar-refractivity contribution >= 4 is 6.09 Å². The molecule has 0 aliphatic rings. The van der Waals surface area contributed by atoms with Crippen LogP contribution >= 0.6 is 0 Å². The molecule has 0 fully saturated rings. The maximum atomic E-state index is 11.8. The molecule has 0 aromatic heterocycles. The summed E-state index contributed by atoms with van der Waals surface area (Å²) in [7, 11) is 0. The zero-order valence-electron chi connectivity index (χ0n) is 4.89. The van der Waals surface area contributed by atoms with Crippen molar-refractivity contribution in [2.24, 2.45) is 5.73 Å². The number of primary amides is 1. The van der Waals surface area contributed by atoms with Gasteiger partial charge in [0.15, 0.2) is 6.17 Å². The maximum absolute atomic E-state index is 11.8. The normalized spacial score (nSPS) is 13.2. The Kier molecular flexibility index (Phi) is 3.60. The summed E-state index contributed by atoms with van der Waals surface area (Å²) in [5.41, 5.74) is 4.37. The maximum Gasteiger partial charge on any atom is 0.404 e. The van der Waals surface area contributed by atoms with E-state index < -0.39 is 25.3 Å². The summed E-state index contributed by atoms with van der Waals surface area (Å²) in [4.78, 5) is 9.71.